The molecule has 1 saturated carbocycles. The van der Waals surface area contributed by atoms with Crippen LogP contribution in [0.3, 0.4) is 0 Å². The molecule has 4 rings (SSSR count). The minimum absolute atomic E-state index is 0. The molecule has 2 fully saturated rings. The van der Waals surface area contributed by atoms with Gasteiger partial charge in [-0.05, 0) is 55.6 Å². The molecule has 2 aromatic rings. The average Bonchev–Trinajstić information content (AvgIpc) is 3.14. The number of carbonyl (C=O) groups excluding carboxylic acids is 2. The van der Waals surface area contributed by atoms with Crippen molar-refractivity contribution in [2.75, 3.05) is 23.7 Å². The van der Waals surface area contributed by atoms with E-state index >= 15 is 0 Å². The van der Waals surface area contributed by atoms with Crippen molar-refractivity contribution in [2.24, 2.45) is 11.3 Å². The lowest BCUT2D eigenvalue weighted by Crippen LogP contribution is -2.44. The van der Waals surface area contributed by atoms with Crippen LogP contribution in [0.25, 0.3) is 0 Å². The van der Waals surface area contributed by atoms with Crippen molar-refractivity contribution < 1.29 is 9.59 Å². The van der Waals surface area contributed by atoms with Gasteiger partial charge in [0.1, 0.15) is 0 Å². The van der Waals surface area contributed by atoms with Crippen LogP contribution in [0.2, 0.25) is 5.02 Å². The first-order chi connectivity index (χ1) is 13.6. The zero-order valence-corrected chi connectivity index (χ0v) is 18.7. The van der Waals surface area contributed by atoms with Crippen LogP contribution in [0.15, 0.2) is 42.7 Å². The molecule has 6 nitrogen and oxygen atoms in total. The van der Waals surface area contributed by atoms with Gasteiger partial charge >= 0.3 is 0 Å². The Labute approximate surface area is 193 Å². The summed E-state index contributed by atoms with van der Waals surface area (Å²) < 4.78 is 0. The van der Waals surface area contributed by atoms with Gasteiger partial charge in [0, 0.05) is 18.4 Å². The first-order valence-electron chi connectivity index (χ1n) is 9.62. The van der Waals surface area contributed by atoms with Gasteiger partial charge in [-0.25, -0.2) is 0 Å². The Morgan fingerprint density at radius 2 is 1.97 bits per heavy atom. The van der Waals surface area contributed by atoms with Crippen molar-refractivity contribution in [1.82, 2.24) is 10.3 Å². The first-order valence-corrected chi connectivity index (χ1v) is 9.99. The highest BCUT2D eigenvalue weighted by atomic mass is 35.5. The summed E-state index contributed by atoms with van der Waals surface area (Å²) in [6.45, 7) is 1.63. The van der Waals surface area contributed by atoms with Crippen molar-refractivity contribution in [3.05, 3.63) is 53.3 Å². The lowest BCUT2D eigenvalue weighted by Gasteiger charge is -2.37. The van der Waals surface area contributed by atoms with E-state index < -0.39 is 0 Å². The molecular formula is C21H25Cl3N4O2. The van der Waals surface area contributed by atoms with Crippen LogP contribution in [0.1, 0.15) is 36.0 Å². The average molecular weight is 472 g/mol. The quantitative estimate of drug-likeness (QED) is 0.611. The summed E-state index contributed by atoms with van der Waals surface area (Å²) in [5, 5.41) is 9.46. The molecule has 2 atom stereocenters. The fourth-order valence-corrected chi connectivity index (χ4v) is 4.62. The molecule has 162 valence electrons. The predicted molar refractivity (Wildman–Crippen MR) is 124 cm³/mol. The Balaban J connectivity index is 0.00000160. The van der Waals surface area contributed by atoms with Crippen molar-refractivity contribution in [3.8, 4) is 0 Å². The maximum absolute atomic E-state index is 13.1. The second kappa shape index (κ2) is 10.4. The summed E-state index contributed by atoms with van der Waals surface area (Å²) in [6, 6.07) is 8.48. The largest absolute Gasteiger partial charge is 0.326 e. The molecule has 30 heavy (non-hydrogen) atoms. The molecule has 2 amide bonds. The Morgan fingerprint density at radius 3 is 2.70 bits per heavy atom. The summed E-state index contributed by atoms with van der Waals surface area (Å²) >= 11 is 6.33. The standard InChI is InChI=1S/C21H23ClN4O2.2ClH/c22-18-10-15(6-7-17(18)19(27)25-16-5-3-9-23-12-16)26-20(28)21-8-2-1-4-14(21)11-24-13-21;;/h3,5-7,9-10,12,14,24H,1-2,4,8,11,13H2,(H,25,27)(H,26,28);2*1H/t14-,21+;;/m0../s1. The van der Waals surface area contributed by atoms with E-state index in [2.05, 4.69) is 20.9 Å². The SMILES string of the molecule is Cl.Cl.O=C(Nc1cccnc1)c1ccc(NC(=O)[C@@]23CCCC[C@H]2CNC3)cc1Cl. The van der Waals surface area contributed by atoms with E-state index in [0.29, 0.717) is 27.9 Å². The van der Waals surface area contributed by atoms with Crippen LogP contribution in [0, 0.1) is 11.3 Å². The van der Waals surface area contributed by atoms with E-state index in [1.165, 1.54) is 6.42 Å². The van der Waals surface area contributed by atoms with Gasteiger partial charge in [-0.15, -0.1) is 24.8 Å². The molecule has 3 N–H and O–H groups in total. The molecule has 0 spiro atoms. The number of fused-ring (bicyclic) bond motifs is 1. The highest BCUT2D eigenvalue weighted by Gasteiger charge is 2.49. The third-order valence-electron chi connectivity index (χ3n) is 5.88. The fraction of sp³-hybridized carbons (Fsp3) is 0.381. The number of halogens is 3. The van der Waals surface area contributed by atoms with Gasteiger partial charge in [-0.1, -0.05) is 24.4 Å². The molecule has 0 radical (unpaired) electrons. The molecule has 1 aliphatic heterocycles. The number of hydrogen-bond donors (Lipinski definition) is 3. The molecule has 2 aliphatic rings. The smallest absolute Gasteiger partial charge is 0.257 e. The number of benzene rings is 1. The van der Waals surface area contributed by atoms with E-state index in [1.807, 2.05) is 0 Å². The van der Waals surface area contributed by atoms with Crippen molar-refractivity contribution >= 4 is 59.6 Å². The molecular weight excluding hydrogens is 447 g/mol. The fourth-order valence-electron chi connectivity index (χ4n) is 4.36. The van der Waals surface area contributed by atoms with E-state index in [4.69, 9.17) is 11.6 Å². The van der Waals surface area contributed by atoms with Gasteiger partial charge in [0.25, 0.3) is 5.91 Å². The maximum atomic E-state index is 13.1. The second-order valence-electron chi connectivity index (χ2n) is 7.57. The van der Waals surface area contributed by atoms with E-state index in [1.54, 1.807) is 42.7 Å². The molecule has 1 aromatic carbocycles. The lowest BCUT2D eigenvalue weighted by molar-refractivity contribution is -0.128. The maximum Gasteiger partial charge on any atom is 0.257 e. The zero-order chi connectivity index (χ0) is 19.6. The number of pyridine rings is 1. The van der Waals surface area contributed by atoms with E-state index in [9.17, 15) is 9.59 Å². The number of aromatic nitrogens is 1. The van der Waals surface area contributed by atoms with Crippen LogP contribution in [-0.2, 0) is 4.79 Å². The number of nitrogens with zero attached hydrogens (tertiary/aromatic N) is 1. The first kappa shape index (κ1) is 24.4. The van der Waals surface area contributed by atoms with E-state index in [-0.39, 0.29) is 42.0 Å². The van der Waals surface area contributed by atoms with Gasteiger partial charge in [0.05, 0.1) is 27.9 Å². The van der Waals surface area contributed by atoms with Crippen molar-refractivity contribution in [2.45, 2.75) is 25.7 Å². The Morgan fingerprint density at radius 1 is 1.13 bits per heavy atom. The van der Waals surface area contributed by atoms with Crippen LogP contribution >= 0.6 is 36.4 Å². The minimum atomic E-state index is -0.332. The number of rotatable bonds is 4. The normalized spacial score (nSPS) is 22.1. The number of nitrogens with one attached hydrogen (secondary N) is 3. The summed E-state index contributed by atoms with van der Waals surface area (Å²) in [6.07, 6.45) is 7.48. The van der Waals surface area contributed by atoms with Gasteiger partial charge in [0.15, 0.2) is 0 Å². The topological polar surface area (TPSA) is 83.1 Å². The van der Waals surface area contributed by atoms with Crippen LogP contribution in [-0.4, -0.2) is 29.9 Å². The Hall–Kier alpha value is -1.86. The second-order valence-corrected chi connectivity index (χ2v) is 7.98. The summed E-state index contributed by atoms with van der Waals surface area (Å²) in [7, 11) is 0. The summed E-state index contributed by atoms with van der Waals surface area (Å²) in [5.41, 5.74) is 1.22. The third-order valence-corrected chi connectivity index (χ3v) is 6.19. The molecule has 0 unspecified atom stereocenters. The van der Waals surface area contributed by atoms with Crippen molar-refractivity contribution in [1.29, 1.82) is 0 Å². The Bertz CT molecular complexity index is 897. The van der Waals surface area contributed by atoms with Crippen LogP contribution < -0.4 is 16.0 Å². The summed E-state index contributed by atoms with van der Waals surface area (Å²) in [5.74, 6) is 0.119. The number of carbonyl (C=O) groups is 2. The minimum Gasteiger partial charge on any atom is -0.326 e. The predicted octanol–water partition coefficient (Wildman–Crippen LogP) is 4.55. The number of amides is 2. The molecule has 9 heteroatoms. The highest BCUT2D eigenvalue weighted by Crippen LogP contribution is 2.44. The van der Waals surface area contributed by atoms with Gasteiger partial charge in [0.2, 0.25) is 5.91 Å². The number of hydrogen-bond acceptors (Lipinski definition) is 4. The van der Waals surface area contributed by atoms with Gasteiger partial charge in [-0.2, -0.15) is 0 Å². The lowest BCUT2D eigenvalue weighted by atomic mass is 9.67. The van der Waals surface area contributed by atoms with Crippen molar-refractivity contribution in [3.63, 3.8) is 0 Å². The monoisotopic (exact) mass is 470 g/mol. The highest BCUT2D eigenvalue weighted by molar-refractivity contribution is 6.34. The van der Waals surface area contributed by atoms with Gasteiger partial charge < -0.3 is 16.0 Å². The third kappa shape index (κ3) is 4.89. The number of anilines is 2. The van der Waals surface area contributed by atoms with E-state index in [0.717, 1.165) is 32.4 Å². The summed E-state index contributed by atoms with van der Waals surface area (Å²) in [4.78, 5) is 29.5. The van der Waals surface area contributed by atoms with Crippen LogP contribution in [0.4, 0.5) is 11.4 Å². The zero-order valence-electron chi connectivity index (χ0n) is 16.3. The molecule has 2 heterocycles. The Kier molecular flexibility index (Phi) is 8.50. The molecule has 1 aromatic heterocycles. The molecule has 1 saturated heterocycles. The molecule has 0 bridgehead atoms. The molecule has 1 aliphatic carbocycles. The van der Waals surface area contributed by atoms with Crippen LogP contribution in [0.5, 0.6) is 0 Å². The van der Waals surface area contributed by atoms with Gasteiger partial charge in [-0.3, -0.25) is 14.6 Å².